The Morgan fingerprint density at radius 1 is 0.767 bits per heavy atom. The number of hydrogen-bond donors (Lipinski definition) is 11. The van der Waals surface area contributed by atoms with Crippen LogP contribution in [-0.4, -0.2) is 36.9 Å². The van der Waals surface area contributed by atoms with Gasteiger partial charge in [-0.15, -0.1) is 10.2 Å². The van der Waals surface area contributed by atoms with E-state index in [9.17, 15) is 40.6 Å². The number of nitrogens with one attached hydrogen (secondary N) is 2. The van der Waals surface area contributed by atoms with Crippen molar-refractivity contribution in [2.45, 2.75) is 0 Å². The Morgan fingerprint density at radius 3 is 1.17 bits per heavy atom. The van der Waals surface area contributed by atoms with E-state index in [1.165, 1.54) is 0 Å². The minimum absolute atomic E-state index is 0.0231. The topological polar surface area (TPSA) is 401 Å². The van der Waals surface area contributed by atoms with Gasteiger partial charge in [-0.3, -0.25) is 41.2 Å². The minimum atomic E-state index is -1.55. The first kappa shape index (κ1) is 27.1. The fourth-order valence-corrected chi connectivity index (χ4v) is 1.32. The molecule has 0 spiro atoms. The number of guanidine groups is 2. The average molecular weight is 438 g/mol. The molecule has 22 heteroatoms. The molecule has 168 valence electrons. The SMILES string of the molecule is NN=C(N)NN.NN=C(N)NN.Nc1c([N+](=O)[O-])c(O)c([N+](=O)[O-])c(O)c1[N+](=O)[O-]. The molecular weight excluding hydrogens is 420 g/mol. The lowest BCUT2D eigenvalue weighted by atomic mass is 10.1. The van der Waals surface area contributed by atoms with Crippen molar-refractivity contribution in [2.24, 2.45) is 45.0 Å². The van der Waals surface area contributed by atoms with Gasteiger partial charge in [0.05, 0.1) is 14.8 Å². The van der Waals surface area contributed by atoms with Crippen LogP contribution in [0.25, 0.3) is 0 Å². The molecule has 0 aliphatic rings. The zero-order valence-electron chi connectivity index (χ0n) is 14.6. The lowest BCUT2D eigenvalue weighted by Gasteiger charge is -2.04. The molecule has 1 aromatic rings. The Bertz CT molecular complexity index is 733. The number of nitro groups is 3. The summed E-state index contributed by atoms with van der Waals surface area (Å²) in [6.45, 7) is 0. The highest BCUT2D eigenvalue weighted by Gasteiger charge is 2.41. The Morgan fingerprint density at radius 2 is 1.03 bits per heavy atom. The third-order valence-electron chi connectivity index (χ3n) is 2.53. The van der Waals surface area contributed by atoms with Gasteiger partial charge in [-0.1, -0.05) is 0 Å². The van der Waals surface area contributed by atoms with Gasteiger partial charge in [0.1, 0.15) is 0 Å². The normalized spacial score (nSPS) is 10.5. The Kier molecular flexibility index (Phi) is 11.1. The van der Waals surface area contributed by atoms with E-state index in [4.69, 9.17) is 28.9 Å². The van der Waals surface area contributed by atoms with Crippen LogP contribution in [0.3, 0.4) is 0 Å². The smallest absolute Gasteiger partial charge is 0.366 e. The van der Waals surface area contributed by atoms with Crippen molar-refractivity contribution in [3.8, 4) is 11.5 Å². The van der Waals surface area contributed by atoms with E-state index in [-0.39, 0.29) is 11.9 Å². The van der Waals surface area contributed by atoms with Crippen molar-refractivity contribution in [1.82, 2.24) is 10.9 Å². The monoisotopic (exact) mass is 438 g/mol. The Hall–Kier alpha value is -5.12. The lowest BCUT2D eigenvalue weighted by molar-refractivity contribution is -0.404. The molecule has 0 unspecified atom stereocenters. The number of rotatable bonds is 3. The molecule has 0 heterocycles. The number of phenols is 2. The fraction of sp³-hybridized carbons (Fsp3) is 0. The summed E-state index contributed by atoms with van der Waals surface area (Å²) >= 11 is 0. The van der Waals surface area contributed by atoms with Crippen molar-refractivity contribution >= 4 is 34.7 Å². The van der Waals surface area contributed by atoms with Crippen LogP contribution in [-0.2, 0) is 0 Å². The molecule has 30 heavy (non-hydrogen) atoms. The van der Waals surface area contributed by atoms with Crippen LogP contribution in [0.2, 0.25) is 0 Å². The molecule has 1 aromatic carbocycles. The summed E-state index contributed by atoms with van der Waals surface area (Å²) in [4.78, 5) is 27.5. The first-order valence-electron chi connectivity index (χ1n) is 6.62. The molecule has 0 aliphatic heterocycles. The standard InChI is InChI=1S/C6H4N4O8.2CH7N5/c7-1-2(8(13)14)5(11)4(10(17)18)6(12)3(1)9(15)16;2*2-1(5-3)6-4/h11-12H,7H2;2*3-4H2,(H3,2,5,6). The number of nitrogens with zero attached hydrogens (tertiary/aromatic N) is 5. The van der Waals surface area contributed by atoms with Gasteiger partial charge in [-0.2, -0.15) is 0 Å². The molecule has 0 saturated heterocycles. The number of nitrogen functional groups attached to an aromatic ring is 1. The van der Waals surface area contributed by atoms with Crippen LogP contribution in [0.4, 0.5) is 22.7 Å². The largest absolute Gasteiger partial charge is 0.497 e. The van der Waals surface area contributed by atoms with Gasteiger partial charge in [-0.05, 0) is 0 Å². The van der Waals surface area contributed by atoms with E-state index >= 15 is 0 Å². The van der Waals surface area contributed by atoms with Gasteiger partial charge < -0.3 is 39.1 Å². The van der Waals surface area contributed by atoms with E-state index in [0.717, 1.165) is 0 Å². The number of hydrogen-bond acceptors (Lipinski definition) is 15. The number of nitrogens with two attached hydrogens (primary N) is 7. The van der Waals surface area contributed by atoms with Gasteiger partial charge in [-0.25, -0.2) is 11.7 Å². The summed E-state index contributed by atoms with van der Waals surface area (Å²) in [6, 6.07) is 0. The average Bonchev–Trinajstić information content (AvgIpc) is 2.66. The molecule has 0 aromatic heterocycles. The van der Waals surface area contributed by atoms with Crippen molar-refractivity contribution in [3.63, 3.8) is 0 Å². The van der Waals surface area contributed by atoms with Gasteiger partial charge in [0, 0.05) is 0 Å². The predicted octanol–water partition coefficient (Wildman–Crippen LogP) is -4.32. The zero-order chi connectivity index (χ0) is 24.2. The van der Waals surface area contributed by atoms with Crippen molar-refractivity contribution in [1.29, 1.82) is 0 Å². The first-order chi connectivity index (χ1) is 13.8. The zero-order valence-corrected chi connectivity index (χ0v) is 14.6. The van der Waals surface area contributed by atoms with E-state index < -0.39 is 49.0 Å². The summed E-state index contributed by atoms with van der Waals surface area (Å²) in [7, 11) is 0. The van der Waals surface area contributed by atoms with Crippen molar-refractivity contribution < 1.29 is 25.0 Å². The number of nitro benzene ring substituents is 3. The molecule has 0 bridgehead atoms. The third-order valence-corrected chi connectivity index (χ3v) is 2.53. The summed E-state index contributed by atoms with van der Waals surface area (Å²) in [5, 5.41) is 56.0. The molecule has 0 aliphatic carbocycles. The molecule has 0 amide bonds. The van der Waals surface area contributed by atoms with E-state index in [1.807, 2.05) is 10.9 Å². The quantitative estimate of drug-likeness (QED) is 0.0530. The summed E-state index contributed by atoms with van der Waals surface area (Å²) in [5.41, 5.74) is 13.2. The van der Waals surface area contributed by atoms with Crippen LogP contribution >= 0.6 is 0 Å². The first-order valence-corrected chi connectivity index (χ1v) is 6.62. The molecule has 18 N–H and O–H groups in total. The molecule has 22 nitrogen and oxygen atoms in total. The lowest BCUT2D eigenvalue weighted by Crippen LogP contribution is -2.37. The second-order valence-corrected chi connectivity index (χ2v) is 4.25. The number of phenolic OH excluding ortho intramolecular Hbond substituents is 2. The maximum atomic E-state index is 10.5. The van der Waals surface area contributed by atoms with Crippen molar-refractivity contribution in [2.75, 3.05) is 5.73 Å². The number of aromatic hydroxyl groups is 2. The van der Waals surface area contributed by atoms with Crippen LogP contribution in [0.1, 0.15) is 0 Å². The van der Waals surface area contributed by atoms with Crippen molar-refractivity contribution in [3.05, 3.63) is 30.3 Å². The fourth-order valence-electron chi connectivity index (χ4n) is 1.32. The summed E-state index contributed by atoms with van der Waals surface area (Å²) < 4.78 is 0. The van der Waals surface area contributed by atoms with Gasteiger partial charge in [0.15, 0.2) is 5.69 Å². The van der Waals surface area contributed by atoms with E-state index in [0.29, 0.717) is 0 Å². The number of hydrazone groups is 2. The maximum Gasteiger partial charge on any atom is 0.366 e. The highest BCUT2D eigenvalue weighted by Crippen LogP contribution is 2.52. The van der Waals surface area contributed by atoms with E-state index in [2.05, 4.69) is 21.9 Å². The summed E-state index contributed by atoms with van der Waals surface area (Å²) in [6.07, 6.45) is 0. The number of hydrazine groups is 2. The van der Waals surface area contributed by atoms with Gasteiger partial charge >= 0.3 is 17.1 Å². The van der Waals surface area contributed by atoms with Crippen LogP contribution in [0.15, 0.2) is 10.2 Å². The number of benzene rings is 1. The number of anilines is 1. The molecule has 0 atom stereocenters. The Balaban J connectivity index is 0. The van der Waals surface area contributed by atoms with Crippen LogP contribution in [0, 0.1) is 30.3 Å². The molecular formula is C8H18N14O8. The van der Waals surface area contributed by atoms with Gasteiger partial charge in [0.25, 0.3) is 11.5 Å². The molecule has 1 rings (SSSR count). The maximum absolute atomic E-state index is 10.5. The van der Waals surface area contributed by atoms with Crippen LogP contribution < -0.4 is 51.4 Å². The highest BCUT2D eigenvalue weighted by molar-refractivity contribution is 5.87. The summed E-state index contributed by atoms with van der Waals surface area (Å²) in [5.74, 6) is 15.5. The predicted molar refractivity (Wildman–Crippen MR) is 100 cm³/mol. The highest BCUT2D eigenvalue weighted by atomic mass is 16.6. The van der Waals surface area contributed by atoms with E-state index in [1.54, 1.807) is 0 Å². The van der Waals surface area contributed by atoms with Gasteiger partial charge in [0.2, 0.25) is 11.9 Å². The minimum Gasteiger partial charge on any atom is -0.497 e. The second-order valence-electron chi connectivity index (χ2n) is 4.25. The van der Waals surface area contributed by atoms with Crippen LogP contribution in [0.5, 0.6) is 11.5 Å². The Labute approximate surface area is 164 Å². The second kappa shape index (κ2) is 12.3. The molecule has 0 radical (unpaired) electrons. The molecule has 0 fully saturated rings. The third kappa shape index (κ3) is 7.25. The molecule has 0 saturated carbocycles.